The average molecular weight is 526 g/mol. The molecule has 37 heavy (non-hydrogen) atoms. The number of benzene rings is 1. The maximum atomic E-state index is 14.8. The molecule has 0 aliphatic rings. The number of hydrogen-bond acceptors (Lipinski definition) is 9. The fraction of sp³-hybridized carbons (Fsp3) is 0.269. The lowest BCUT2D eigenvalue weighted by atomic mass is 9.98. The molecule has 194 valence electrons. The molecule has 0 unspecified atom stereocenters. The van der Waals surface area contributed by atoms with Gasteiger partial charge in [0.15, 0.2) is 0 Å². The zero-order valence-electron chi connectivity index (χ0n) is 21.2. The van der Waals surface area contributed by atoms with Crippen LogP contribution in [0.15, 0.2) is 58.4 Å². The largest absolute Gasteiger partial charge is 0.496 e. The monoisotopic (exact) mass is 525 g/mol. The second-order valence-electron chi connectivity index (χ2n) is 8.03. The van der Waals surface area contributed by atoms with Crippen LogP contribution in [-0.4, -0.2) is 52.7 Å². The van der Waals surface area contributed by atoms with Crippen molar-refractivity contribution in [2.24, 2.45) is 4.99 Å². The number of nitrogens with zero attached hydrogens (tertiary/aromatic N) is 4. The van der Waals surface area contributed by atoms with Crippen LogP contribution in [0.3, 0.4) is 0 Å². The van der Waals surface area contributed by atoms with Gasteiger partial charge in [-0.3, -0.25) is 20.1 Å². The Balaban J connectivity index is 1.78. The van der Waals surface area contributed by atoms with E-state index < -0.39 is 11.7 Å². The number of methoxy groups -OCH3 is 1. The van der Waals surface area contributed by atoms with Crippen LogP contribution in [-0.2, 0) is 0 Å². The summed E-state index contributed by atoms with van der Waals surface area (Å²) in [5.41, 5.74) is 3.61. The van der Waals surface area contributed by atoms with Gasteiger partial charge in [-0.1, -0.05) is 22.8 Å². The highest BCUT2D eigenvalue weighted by molar-refractivity contribution is 7.17. The molecular formula is C26H28FN5O4S. The van der Waals surface area contributed by atoms with E-state index in [0.717, 1.165) is 22.5 Å². The lowest BCUT2D eigenvalue weighted by molar-refractivity contribution is 0.102. The van der Waals surface area contributed by atoms with Crippen LogP contribution in [0.1, 0.15) is 36.8 Å². The number of carbonyl (C=O) groups is 1. The molecule has 0 atom stereocenters. The zero-order chi connectivity index (χ0) is 26.9. The van der Waals surface area contributed by atoms with Crippen LogP contribution in [0.25, 0.3) is 11.1 Å². The maximum Gasteiger partial charge on any atom is 0.296 e. The Kier molecular flexibility index (Phi) is 9.58. The first-order chi connectivity index (χ1) is 17.8. The van der Waals surface area contributed by atoms with E-state index >= 15 is 0 Å². The first-order valence-corrected chi connectivity index (χ1v) is 12.1. The number of amides is 1. The second-order valence-corrected chi connectivity index (χ2v) is 8.97. The topological polar surface area (TPSA) is 119 Å². The molecule has 0 saturated carbocycles. The smallest absolute Gasteiger partial charge is 0.296 e. The van der Waals surface area contributed by atoms with Crippen molar-refractivity contribution >= 4 is 28.6 Å². The summed E-state index contributed by atoms with van der Waals surface area (Å²) < 4.78 is 25.8. The van der Waals surface area contributed by atoms with E-state index in [9.17, 15) is 14.3 Å². The highest BCUT2D eigenvalue weighted by Gasteiger charge is 2.21. The van der Waals surface area contributed by atoms with Crippen molar-refractivity contribution in [2.45, 2.75) is 27.7 Å². The Hall–Kier alpha value is -3.96. The predicted octanol–water partition coefficient (Wildman–Crippen LogP) is 4.99. The summed E-state index contributed by atoms with van der Waals surface area (Å²) in [5, 5.41) is 20.3. The van der Waals surface area contributed by atoms with Gasteiger partial charge >= 0.3 is 0 Å². The Morgan fingerprint density at radius 3 is 2.76 bits per heavy atom. The number of nitrogens with one attached hydrogen (secondary N) is 1. The van der Waals surface area contributed by atoms with Crippen molar-refractivity contribution in [3.8, 4) is 22.1 Å². The van der Waals surface area contributed by atoms with Crippen LogP contribution in [0.2, 0.25) is 0 Å². The van der Waals surface area contributed by atoms with Crippen molar-refractivity contribution in [1.82, 2.24) is 15.2 Å². The van der Waals surface area contributed by atoms with E-state index in [1.807, 2.05) is 13.8 Å². The number of rotatable bonds is 10. The molecule has 9 nitrogen and oxygen atoms in total. The third-order valence-electron chi connectivity index (χ3n) is 5.25. The minimum absolute atomic E-state index is 0.151. The van der Waals surface area contributed by atoms with Gasteiger partial charge < -0.3 is 14.6 Å². The fourth-order valence-corrected chi connectivity index (χ4v) is 3.77. The van der Waals surface area contributed by atoms with Crippen molar-refractivity contribution < 1.29 is 23.8 Å². The summed E-state index contributed by atoms with van der Waals surface area (Å²) >= 11 is 1.04. The van der Waals surface area contributed by atoms with E-state index in [1.165, 1.54) is 25.4 Å². The Morgan fingerprint density at radius 2 is 2.08 bits per heavy atom. The Bertz CT molecular complexity index is 1360. The number of aryl methyl sites for hydroxylation is 1. The molecule has 1 amide bonds. The van der Waals surface area contributed by atoms with Crippen LogP contribution < -0.4 is 14.8 Å². The molecule has 0 aliphatic carbocycles. The van der Waals surface area contributed by atoms with Gasteiger partial charge in [-0.25, -0.2) is 4.39 Å². The molecule has 2 N–H and O–H groups in total. The van der Waals surface area contributed by atoms with E-state index in [0.29, 0.717) is 22.7 Å². The number of allylic oxidation sites excluding steroid dienone is 2. The predicted molar refractivity (Wildman–Crippen MR) is 142 cm³/mol. The SMILES string of the molecule is C/C=C(CO)\N=C/C(COc1nnc(NC(=O)c2cnc(C)cc2-c2c(F)cccc2OC)s1)=C(C)C. The molecule has 0 spiro atoms. The summed E-state index contributed by atoms with van der Waals surface area (Å²) in [5.74, 6) is -0.759. The summed E-state index contributed by atoms with van der Waals surface area (Å²) in [6.07, 6.45) is 4.74. The number of carbonyl (C=O) groups excluding carboxylic acids is 1. The highest BCUT2D eigenvalue weighted by Crippen LogP contribution is 2.35. The number of ether oxygens (including phenoxy) is 2. The minimum Gasteiger partial charge on any atom is -0.496 e. The van der Waals surface area contributed by atoms with Gasteiger partial charge in [-0.15, -0.1) is 5.10 Å². The van der Waals surface area contributed by atoms with Gasteiger partial charge in [-0.05, 0) is 57.2 Å². The van der Waals surface area contributed by atoms with Crippen molar-refractivity contribution in [3.63, 3.8) is 0 Å². The fourth-order valence-electron chi connectivity index (χ4n) is 3.18. The number of pyridine rings is 1. The summed E-state index contributed by atoms with van der Waals surface area (Å²) in [6, 6.07) is 6.09. The molecular weight excluding hydrogens is 497 g/mol. The Morgan fingerprint density at radius 1 is 1.30 bits per heavy atom. The number of aromatic nitrogens is 3. The lowest BCUT2D eigenvalue weighted by Gasteiger charge is -2.14. The Labute approximate surface area is 218 Å². The van der Waals surface area contributed by atoms with Gasteiger partial charge in [0, 0.05) is 29.2 Å². The number of halogens is 1. The number of aliphatic hydroxyl groups is 1. The number of hydrogen-bond donors (Lipinski definition) is 2. The number of anilines is 1. The van der Waals surface area contributed by atoms with Gasteiger partial charge in [0.2, 0.25) is 5.13 Å². The van der Waals surface area contributed by atoms with E-state index in [-0.39, 0.29) is 34.7 Å². The normalized spacial score (nSPS) is 11.5. The molecule has 0 fully saturated rings. The number of aliphatic imine (C=N–C) groups is 1. The number of aliphatic hydroxyl groups excluding tert-OH is 1. The van der Waals surface area contributed by atoms with E-state index in [4.69, 9.17) is 9.47 Å². The van der Waals surface area contributed by atoms with Crippen LogP contribution >= 0.6 is 11.3 Å². The minimum atomic E-state index is -0.532. The molecule has 0 bridgehead atoms. The van der Waals surface area contributed by atoms with Gasteiger partial charge in [0.25, 0.3) is 11.1 Å². The third kappa shape index (κ3) is 7.05. The molecule has 3 aromatic rings. The standard InChI is InChI=1S/C26H28FN5O4S/c1-6-18(13-33)29-11-17(15(2)3)14-36-26-32-31-25(37-26)30-24(34)20-12-28-16(4)10-19(20)23-21(27)8-7-9-22(23)35-5/h6-12,33H,13-14H2,1-5H3,(H,30,31,34)/b18-6-,29-11-. The van der Waals surface area contributed by atoms with Crippen molar-refractivity contribution in [2.75, 3.05) is 25.6 Å². The molecule has 0 aliphatic heterocycles. The summed E-state index contributed by atoms with van der Waals surface area (Å²) in [4.78, 5) is 21.6. The first kappa shape index (κ1) is 27.6. The van der Waals surface area contributed by atoms with E-state index in [2.05, 4.69) is 25.5 Å². The van der Waals surface area contributed by atoms with Crippen molar-refractivity contribution in [3.05, 3.63) is 70.5 Å². The van der Waals surface area contributed by atoms with Gasteiger partial charge in [-0.2, -0.15) is 0 Å². The molecule has 2 heterocycles. The third-order valence-corrected chi connectivity index (χ3v) is 6.00. The van der Waals surface area contributed by atoms with Crippen molar-refractivity contribution in [1.29, 1.82) is 0 Å². The van der Waals surface area contributed by atoms with Crippen LogP contribution in [0.4, 0.5) is 9.52 Å². The van der Waals surface area contributed by atoms with Gasteiger partial charge in [0.1, 0.15) is 18.2 Å². The first-order valence-electron chi connectivity index (χ1n) is 11.3. The molecule has 11 heteroatoms. The molecule has 2 aromatic heterocycles. The summed E-state index contributed by atoms with van der Waals surface area (Å²) in [7, 11) is 1.44. The highest BCUT2D eigenvalue weighted by atomic mass is 32.1. The van der Waals surface area contributed by atoms with Crippen LogP contribution in [0, 0.1) is 12.7 Å². The molecule has 1 aromatic carbocycles. The quantitative estimate of drug-likeness (QED) is 0.358. The summed E-state index contributed by atoms with van der Waals surface area (Å²) in [6.45, 7) is 7.40. The second kappa shape index (κ2) is 12.8. The molecule has 3 rings (SSSR count). The maximum absolute atomic E-state index is 14.8. The average Bonchev–Trinajstić information content (AvgIpc) is 3.32. The van der Waals surface area contributed by atoms with Crippen LogP contribution in [0.5, 0.6) is 10.9 Å². The van der Waals surface area contributed by atoms with Gasteiger partial charge in [0.05, 0.1) is 30.5 Å². The molecule has 0 radical (unpaired) electrons. The van der Waals surface area contributed by atoms with E-state index in [1.54, 1.807) is 38.3 Å². The molecule has 0 saturated heterocycles. The zero-order valence-corrected chi connectivity index (χ0v) is 22.0. The lowest BCUT2D eigenvalue weighted by Crippen LogP contribution is -2.14.